The number of benzene rings is 2. The molecule has 3 aromatic rings. The summed E-state index contributed by atoms with van der Waals surface area (Å²) in [5.74, 6) is 1.76. The molecule has 1 aliphatic rings. The summed E-state index contributed by atoms with van der Waals surface area (Å²) >= 11 is 0. The van der Waals surface area contributed by atoms with Crippen molar-refractivity contribution in [1.29, 1.82) is 0 Å². The zero-order valence-electron chi connectivity index (χ0n) is 11.5. The molecule has 1 atom stereocenters. The van der Waals surface area contributed by atoms with Gasteiger partial charge >= 0.3 is 0 Å². The number of rotatable bonds is 2. The van der Waals surface area contributed by atoms with E-state index in [1.807, 2.05) is 42.5 Å². The molecule has 4 heteroatoms. The van der Waals surface area contributed by atoms with Crippen LogP contribution in [0.2, 0.25) is 0 Å². The molecule has 0 bridgehead atoms. The predicted molar refractivity (Wildman–Crippen MR) is 82.5 cm³/mol. The van der Waals surface area contributed by atoms with Gasteiger partial charge in [0, 0.05) is 12.0 Å². The molecule has 0 amide bonds. The van der Waals surface area contributed by atoms with E-state index in [-0.39, 0.29) is 6.04 Å². The predicted octanol–water partition coefficient (Wildman–Crippen LogP) is 3.57. The Morgan fingerprint density at radius 1 is 1.00 bits per heavy atom. The van der Waals surface area contributed by atoms with E-state index in [9.17, 15) is 0 Å². The molecule has 1 aliphatic heterocycles. The minimum absolute atomic E-state index is 0.213. The van der Waals surface area contributed by atoms with Crippen molar-refractivity contribution < 1.29 is 4.74 Å². The third-order valence-corrected chi connectivity index (χ3v) is 3.73. The molecule has 2 aromatic carbocycles. The van der Waals surface area contributed by atoms with Crippen molar-refractivity contribution >= 4 is 16.9 Å². The largest absolute Gasteiger partial charge is 0.493 e. The number of hydrogen-bond acceptors (Lipinski definition) is 4. The van der Waals surface area contributed by atoms with Crippen LogP contribution >= 0.6 is 0 Å². The van der Waals surface area contributed by atoms with E-state index in [4.69, 9.17) is 4.74 Å². The third kappa shape index (κ3) is 2.29. The van der Waals surface area contributed by atoms with Crippen molar-refractivity contribution in [3.05, 3.63) is 60.3 Å². The Bertz CT molecular complexity index is 788. The quantitative estimate of drug-likeness (QED) is 0.778. The van der Waals surface area contributed by atoms with E-state index < -0.39 is 0 Å². The molecule has 0 saturated heterocycles. The molecule has 0 spiro atoms. The lowest BCUT2D eigenvalue weighted by molar-refractivity contribution is 0.274. The topological polar surface area (TPSA) is 47.0 Å². The first-order chi connectivity index (χ1) is 10.4. The molecule has 21 heavy (non-hydrogen) atoms. The highest BCUT2D eigenvalue weighted by Gasteiger charge is 2.21. The van der Waals surface area contributed by atoms with Gasteiger partial charge in [0.1, 0.15) is 11.6 Å². The Morgan fingerprint density at radius 2 is 1.81 bits per heavy atom. The van der Waals surface area contributed by atoms with Crippen LogP contribution < -0.4 is 10.1 Å². The van der Waals surface area contributed by atoms with E-state index in [1.165, 1.54) is 5.56 Å². The SMILES string of the molecule is c1ccc2c(c1)OCC[C@H]2Nc1cnc2ccccc2n1. The molecule has 104 valence electrons. The average Bonchev–Trinajstić information content (AvgIpc) is 2.55. The summed E-state index contributed by atoms with van der Waals surface area (Å²) in [6.07, 6.45) is 2.71. The number of para-hydroxylation sites is 3. The Balaban J connectivity index is 1.66. The third-order valence-electron chi connectivity index (χ3n) is 3.73. The number of hydrogen-bond donors (Lipinski definition) is 1. The van der Waals surface area contributed by atoms with Gasteiger partial charge in [0.15, 0.2) is 0 Å². The lowest BCUT2D eigenvalue weighted by Gasteiger charge is -2.26. The number of aromatic nitrogens is 2. The van der Waals surface area contributed by atoms with Gasteiger partial charge in [-0.3, -0.25) is 4.98 Å². The van der Waals surface area contributed by atoms with Crippen molar-refractivity contribution in [2.24, 2.45) is 0 Å². The second-order valence-corrected chi connectivity index (χ2v) is 5.12. The summed E-state index contributed by atoms with van der Waals surface area (Å²) in [6, 6.07) is 16.2. The van der Waals surface area contributed by atoms with Crippen LogP contribution in [0.25, 0.3) is 11.0 Å². The minimum atomic E-state index is 0.213. The first kappa shape index (κ1) is 12.1. The molecule has 0 saturated carbocycles. The van der Waals surface area contributed by atoms with Gasteiger partial charge in [-0.15, -0.1) is 0 Å². The number of fused-ring (bicyclic) bond motifs is 2. The maximum absolute atomic E-state index is 5.69. The molecular formula is C17H15N3O. The smallest absolute Gasteiger partial charge is 0.145 e. The van der Waals surface area contributed by atoms with Crippen molar-refractivity contribution in [3.63, 3.8) is 0 Å². The molecular weight excluding hydrogens is 262 g/mol. The average molecular weight is 277 g/mol. The van der Waals surface area contributed by atoms with Gasteiger partial charge in [-0.2, -0.15) is 0 Å². The summed E-state index contributed by atoms with van der Waals surface area (Å²) < 4.78 is 5.69. The van der Waals surface area contributed by atoms with Crippen LogP contribution in [0.3, 0.4) is 0 Å². The van der Waals surface area contributed by atoms with Gasteiger partial charge in [0.05, 0.1) is 29.9 Å². The Kier molecular flexibility index (Phi) is 2.92. The fraction of sp³-hybridized carbons (Fsp3) is 0.176. The maximum Gasteiger partial charge on any atom is 0.145 e. The van der Waals surface area contributed by atoms with Crippen LogP contribution in [0.15, 0.2) is 54.7 Å². The second kappa shape index (κ2) is 5.05. The summed E-state index contributed by atoms with van der Waals surface area (Å²) in [5.41, 5.74) is 3.00. The zero-order chi connectivity index (χ0) is 14.1. The van der Waals surface area contributed by atoms with Crippen LogP contribution in [0.5, 0.6) is 5.75 Å². The zero-order valence-corrected chi connectivity index (χ0v) is 11.5. The molecule has 4 rings (SSSR count). The molecule has 2 heterocycles. The van der Waals surface area contributed by atoms with Gasteiger partial charge in [0.25, 0.3) is 0 Å². The fourth-order valence-corrected chi connectivity index (χ4v) is 2.70. The Labute approximate surface area is 122 Å². The molecule has 0 unspecified atom stereocenters. The van der Waals surface area contributed by atoms with Crippen LogP contribution in [0.4, 0.5) is 5.82 Å². The van der Waals surface area contributed by atoms with Crippen LogP contribution in [0.1, 0.15) is 18.0 Å². The van der Waals surface area contributed by atoms with E-state index in [0.29, 0.717) is 0 Å². The van der Waals surface area contributed by atoms with Crippen LogP contribution in [-0.2, 0) is 0 Å². The first-order valence-corrected chi connectivity index (χ1v) is 7.10. The van der Waals surface area contributed by atoms with Gasteiger partial charge in [-0.25, -0.2) is 4.98 Å². The fourth-order valence-electron chi connectivity index (χ4n) is 2.70. The van der Waals surface area contributed by atoms with E-state index in [0.717, 1.165) is 35.6 Å². The maximum atomic E-state index is 5.69. The monoisotopic (exact) mass is 277 g/mol. The standard InChI is InChI=1S/C17H15N3O/c1-4-8-16-12(5-1)13(9-10-21-16)19-17-11-18-14-6-2-3-7-15(14)20-17/h1-8,11,13H,9-10H2,(H,19,20)/t13-/m1/s1. The van der Waals surface area contributed by atoms with Crippen molar-refractivity contribution in [3.8, 4) is 5.75 Å². The lowest BCUT2D eigenvalue weighted by atomic mass is 10.0. The van der Waals surface area contributed by atoms with Crippen molar-refractivity contribution in [1.82, 2.24) is 9.97 Å². The minimum Gasteiger partial charge on any atom is -0.493 e. The van der Waals surface area contributed by atoms with Crippen molar-refractivity contribution in [2.75, 3.05) is 11.9 Å². The summed E-state index contributed by atoms with van der Waals surface area (Å²) in [5, 5.41) is 3.48. The second-order valence-electron chi connectivity index (χ2n) is 5.12. The summed E-state index contributed by atoms with van der Waals surface area (Å²) in [6.45, 7) is 0.718. The number of ether oxygens (including phenoxy) is 1. The summed E-state index contributed by atoms with van der Waals surface area (Å²) in [7, 11) is 0. The highest BCUT2D eigenvalue weighted by Crippen LogP contribution is 2.33. The Morgan fingerprint density at radius 3 is 2.76 bits per heavy atom. The van der Waals surface area contributed by atoms with Crippen LogP contribution in [-0.4, -0.2) is 16.6 Å². The molecule has 1 N–H and O–H groups in total. The van der Waals surface area contributed by atoms with E-state index in [1.54, 1.807) is 6.20 Å². The van der Waals surface area contributed by atoms with Gasteiger partial charge in [-0.1, -0.05) is 30.3 Å². The molecule has 1 aromatic heterocycles. The van der Waals surface area contributed by atoms with Gasteiger partial charge in [0.2, 0.25) is 0 Å². The van der Waals surface area contributed by atoms with Gasteiger partial charge in [-0.05, 0) is 18.2 Å². The first-order valence-electron chi connectivity index (χ1n) is 7.10. The molecule has 0 aliphatic carbocycles. The lowest BCUT2D eigenvalue weighted by Crippen LogP contribution is -2.20. The number of nitrogens with one attached hydrogen (secondary N) is 1. The number of nitrogens with zero attached hydrogens (tertiary/aromatic N) is 2. The highest BCUT2D eigenvalue weighted by atomic mass is 16.5. The number of anilines is 1. The van der Waals surface area contributed by atoms with Crippen molar-refractivity contribution in [2.45, 2.75) is 12.5 Å². The van der Waals surface area contributed by atoms with E-state index >= 15 is 0 Å². The molecule has 0 radical (unpaired) electrons. The normalized spacial score (nSPS) is 17.0. The summed E-state index contributed by atoms with van der Waals surface area (Å²) in [4.78, 5) is 9.07. The molecule has 0 fully saturated rings. The van der Waals surface area contributed by atoms with E-state index in [2.05, 4.69) is 21.4 Å². The Hall–Kier alpha value is -2.62. The van der Waals surface area contributed by atoms with Crippen LogP contribution in [0, 0.1) is 0 Å². The highest BCUT2D eigenvalue weighted by molar-refractivity contribution is 5.75. The van der Waals surface area contributed by atoms with Gasteiger partial charge < -0.3 is 10.1 Å². The molecule has 4 nitrogen and oxygen atoms in total.